The second-order valence-electron chi connectivity index (χ2n) is 12.6. The van der Waals surface area contributed by atoms with Crippen molar-refractivity contribution in [2.75, 3.05) is 20.1 Å². The fourth-order valence-electron chi connectivity index (χ4n) is 7.68. The van der Waals surface area contributed by atoms with Crippen LogP contribution < -0.4 is 5.32 Å². The molecule has 0 spiro atoms. The average molecular weight is 551 g/mol. The SMILES string of the molecule is CCCC=C1/C(C)=C2\C=CCC\C2=C(/C2=CC=CCC2C2=CCCC=C2)CN(C2C=CCCC2)C1CCCCNC. The predicted octanol–water partition coefficient (Wildman–Crippen LogP) is 9.64. The van der Waals surface area contributed by atoms with Crippen LogP contribution in [0.15, 0.2) is 106 Å². The lowest BCUT2D eigenvalue weighted by Crippen LogP contribution is -2.46. The minimum atomic E-state index is 0.456. The van der Waals surface area contributed by atoms with Crippen LogP contribution in [0.3, 0.4) is 0 Å². The Labute approximate surface area is 251 Å². The highest BCUT2D eigenvalue weighted by atomic mass is 15.2. The van der Waals surface area contributed by atoms with Crippen molar-refractivity contribution in [2.45, 2.75) is 109 Å². The van der Waals surface area contributed by atoms with E-state index in [9.17, 15) is 0 Å². The summed E-state index contributed by atoms with van der Waals surface area (Å²) in [5, 5.41) is 3.39. The molecule has 0 radical (unpaired) electrons. The van der Waals surface area contributed by atoms with Gasteiger partial charge in [0, 0.05) is 24.5 Å². The number of hydrogen-bond donors (Lipinski definition) is 1. The van der Waals surface area contributed by atoms with Crippen LogP contribution in [0.25, 0.3) is 0 Å². The van der Waals surface area contributed by atoms with E-state index in [2.05, 4.69) is 97.9 Å². The van der Waals surface area contributed by atoms with E-state index >= 15 is 0 Å². The van der Waals surface area contributed by atoms with Gasteiger partial charge in [-0.1, -0.05) is 86.6 Å². The molecule has 0 aromatic rings. The van der Waals surface area contributed by atoms with E-state index < -0.39 is 0 Å². The van der Waals surface area contributed by atoms with Gasteiger partial charge in [0.15, 0.2) is 0 Å². The summed E-state index contributed by atoms with van der Waals surface area (Å²) in [4.78, 5) is 2.96. The Hall–Kier alpha value is -2.42. The highest BCUT2D eigenvalue weighted by Gasteiger charge is 2.35. The Kier molecular flexibility index (Phi) is 11.1. The molecule has 0 aromatic heterocycles. The predicted molar refractivity (Wildman–Crippen MR) is 178 cm³/mol. The van der Waals surface area contributed by atoms with Crippen molar-refractivity contribution in [2.24, 2.45) is 5.92 Å². The monoisotopic (exact) mass is 550 g/mol. The van der Waals surface area contributed by atoms with Gasteiger partial charge < -0.3 is 5.32 Å². The van der Waals surface area contributed by atoms with Gasteiger partial charge in [-0.3, -0.25) is 4.90 Å². The number of rotatable bonds is 10. The number of unbranched alkanes of at least 4 members (excludes halogenated alkanes) is 2. The first kappa shape index (κ1) is 30.1. The molecule has 1 aliphatic heterocycles. The average Bonchev–Trinajstić information content (AvgIpc) is 3.03. The molecule has 5 rings (SSSR count). The minimum absolute atomic E-state index is 0.456. The van der Waals surface area contributed by atoms with Crippen LogP contribution >= 0.6 is 0 Å². The smallest absolute Gasteiger partial charge is 0.0357 e. The van der Waals surface area contributed by atoms with Gasteiger partial charge in [-0.2, -0.15) is 0 Å². The van der Waals surface area contributed by atoms with Gasteiger partial charge in [0.2, 0.25) is 0 Å². The molecule has 2 nitrogen and oxygen atoms in total. The molecule has 5 aliphatic rings. The Morgan fingerprint density at radius 1 is 1.00 bits per heavy atom. The number of nitrogens with zero attached hydrogens (tertiary/aromatic N) is 1. The number of fused-ring (bicyclic) bond motifs is 1. The summed E-state index contributed by atoms with van der Waals surface area (Å²) in [6, 6.07) is 0.969. The maximum Gasteiger partial charge on any atom is 0.0357 e. The molecule has 3 unspecified atom stereocenters. The molecule has 1 N–H and O–H groups in total. The molecule has 41 heavy (non-hydrogen) atoms. The first-order chi connectivity index (χ1) is 20.2. The zero-order chi connectivity index (χ0) is 28.4. The third-order valence-corrected chi connectivity index (χ3v) is 9.87. The molecular formula is C39H54N2. The molecule has 0 saturated carbocycles. The van der Waals surface area contributed by atoms with Crippen molar-refractivity contribution in [1.82, 2.24) is 10.2 Å². The van der Waals surface area contributed by atoms with Crippen LogP contribution in [-0.4, -0.2) is 37.1 Å². The Morgan fingerprint density at radius 2 is 1.90 bits per heavy atom. The molecule has 0 amide bonds. The lowest BCUT2D eigenvalue weighted by molar-refractivity contribution is 0.174. The summed E-state index contributed by atoms with van der Waals surface area (Å²) in [6.07, 6.45) is 42.8. The molecular weight excluding hydrogens is 496 g/mol. The van der Waals surface area contributed by atoms with Crippen LogP contribution in [0.2, 0.25) is 0 Å². The Bertz CT molecular complexity index is 1190. The molecule has 4 aliphatic carbocycles. The molecule has 3 atom stereocenters. The van der Waals surface area contributed by atoms with Crippen LogP contribution in [0.5, 0.6) is 0 Å². The maximum atomic E-state index is 3.39. The molecule has 2 heteroatoms. The third kappa shape index (κ3) is 7.15. The topological polar surface area (TPSA) is 15.3 Å². The third-order valence-electron chi connectivity index (χ3n) is 9.87. The summed E-state index contributed by atoms with van der Waals surface area (Å²) in [5.41, 5.74) is 11.0. The second kappa shape index (κ2) is 15.2. The van der Waals surface area contributed by atoms with Crippen molar-refractivity contribution in [1.29, 1.82) is 0 Å². The molecule has 0 bridgehead atoms. The summed E-state index contributed by atoms with van der Waals surface area (Å²) in [5.74, 6) is 0.471. The molecule has 0 fully saturated rings. The van der Waals surface area contributed by atoms with Crippen molar-refractivity contribution in [3.8, 4) is 0 Å². The van der Waals surface area contributed by atoms with Crippen molar-refractivity contribution in [3.63, 3.8) is 0 Å². The minimum Gasteiger partial charge on any atom is -0.320 e. The number of hydrogen-bond acceptors (Lipinski definition) is 2. The summed E-state index contributed by atoms with van der Waals surface area (Å²) in [7, 11) is 2.09. The highest BCUT2D eigenvalue weighted by molar-refractivity contribution is 5.61. The Morgan fingerprint density at radius 3 is 2.68 bits per heavy atom. The van der Waals surface area contributed by atoms with Crippen LogP contribution in [-0.2, 0) is 0 Å². The highest BCUT2D eigenvalue weighted by Crippen LogP contribution is 2.44. The summed E-state index contributed by atoms with van der Waals surface area (Å²) in [6.45, 7) is 6.94. The fourth-order valence-corrected chi connectivity index (χ4v) is 7.68. The number of nitrogens with one attached hydrogen (secondary N) is 1. The van der Waals surface area contributed by atoms with E-state index in [4.69, 9.17) is 0 Å². The quantitative estimate of drug-likeness (QED) is 0.215. The lowest BCUT2D eigenvalue weighted by atomic mass is 9.74. The lowest BCUT2D eigenvalue weighted by Gasteiger charge is -2.44. The van der Waals surface area contributed by atoms with Gasteiger partial charge in [-0.25, -0.2) is 0 Å². The van der Waals surface area contributed by atoms with Crippen molar-refractivity contribution < 1.29 is 0 Å². The zero-order valence-electron chi connectivity index (χ0n) is 26.1. The normalized spacial score (nSPS) is 31.6. The van der Waals surface area contributed by atoms with E-state index in [0.717, 1.165) is 38.8 Å². The van der Waals surface area contributed by atoms with Gasteiger partial charge >= 0.3 is 0 Å². The molecule has 0 aromatic carbocycles. The van der Waals surface area contributed by atoms with E-state index in [1.54, 1.807) is 22.3 Å². The Balaban J connectivity index is 1.67. The van der Waals surface area contributed by atoms with Crippen LogP contribution in [0, 0.1) is 5.92 Å². The van der Waals surface area contributed by atoms with Crippen LogP contribution in [0.1, 0.15) is 97.3 Å². The molecule has 1 heterocycles. The summed E-state index contributed by atoms with van der Waals surface area (Å²) < 4.78 is 0. The van der Waals surface area contributed by atoms with E-state index in [1.807, 2.05) is 0 Å². The molecule has 220 valence electrons. The number of allylic oxidation sites excluding steroid dienone is 13. The zero-order valence-corrected chi connectivity index (χ0v) is 26.1. The van der Waals surface area contributed by atoms with Gasteiger partial charge in [-0.15, -0.1) is 0 Å². The van der Waals surface area contributed by atoms with Gasteiger partial charge in [-0.05, 0) is 130 Å². The largest absolute Gasteiger partial charge is 0.320 e. The standard InChI is InChI=1S/C39H54N2/c1-4-5-22-34-30(2)33-23-12-14-25-36(33)38(37-26-15-13-24-35(37)31-18-8-6-9-19-31)29-41(32-20-10-7-11-21-32)39(34)27-16-17-28-40-3/h8,10,12-13,15,18-20,22-23,26,32,35,39-40H,4-7,9,11,14,16-17,21,24-25,27-29H2,1-3H3/b33-30+,34-22?,38-36+. The maximum absolute atomic E-state index is 3.39. The van der Waals surface area contributed by atoms with Crippen molar-refractivity contribution in [3.05, 3.63) is 106 Å². The van der Waals surface area contributed by atoms with Crippen LogP contribution in [0.4, 0.5) is 0 Å². The van der Waals surface area contributed by atoms with E-state index in [-0.39, 0.29) is 0 Å². The molecule has 0 saturated heterocycles. The van der Waals surface area contributed by atoms with Crippen molar-refractivity contribution >= 4 is 0 Å². The second-order valence-corrected chi connectivity index (χ2v) is 12.6. The van der Waals surface area contributed by atoms with E-state index in [0.29, 0.717) is 18.0 Å². The van der Waals surface area contributed by atoms with Gasteiger partial charge in [0.05, 0.1) is 0 Å². The first-order valence-electron chi connectivity index (χ1n) is 16.8. The summed E-state index contributed by atoms with van der Waals surface area (Å²) >= 11 is 0. The fraction of sp³-hybridized carbons (Fsp3) is 0.538. The van der Waals surface area contributed by atoms with Gasteiger partial charge in [0.1, 0.15) is 0 Å². The first-order valence-corrected chi connectivity index (χ1v) is 16.8. The van der Waals surface area contributed by atoms with E-state index in [1.165, 1.54) is 74.5 Å². The van der Waals surface area contributed by atoms with Gasteiger partial charge in [0.25, 0.3) is 0 Å².